The molecule has 17 heavy (non-hydrogen) atoms. The topological polar surface area (TPSA) is 29.5 Å². The minimum atomic E-state index is -1.10. The van der Waals surface area contributed by atoms with Crippen molar-refractivity contribution in [3.05, 3.63) is 35.5 Å². The van der Waals surface area contributed by atoms with Crippen LogP contribution in [-0.2, 0) is 4.79 Å². The summed E-state index contributed by atoms with van der Waals surface area (Å²) in [6, 6.07) is 2.59. The molecule has 0 aliphatic heterocycles. The lowest BCUT2D eigenvalue weighted by Crippen LogP contribution is -2.05. The van der Waals surface area contributed by atoms with Gasteiger partial charge < -0.3 is 9.64 Å². The average molecular weight is 241 g/mol. The first-order valence-corrected chi connectivity index (χ1v) is 4.87. The summed E-state index contributed by atoms with van der Waals surface area (Å²) in [6.45, 7) is 0. The number of carbonyl (C=O) groups excluding carboxylic acids is 1. The third-order valence-corrected chi connectivity index (χ3v) is 2.10. The maximum absolute atomic E-state index is 13.7. The van der Waals surface area contributed by atoms with Gasteiger partial charge in [0.15, 0.2) is 17.9 Å². The van der Waals surface area contributed by atoms with Gasteiger partial charge in [-0.15, -0.1) is 0 Å². The third kappa shape index (κ3) is 2.81. The van der Waals surface area contributed by atoms with Gasteiger partial charge in [0.05, 0.1) is 7.11 Å². The van der Waals surface area contributed by atoms with Gasteiger partial charge in [-0.2, -0.15) is 4.39 Å². The fraction of sp³-hybridized carbons (Fsp3) is 0.250. The van der Waals surface area contributed by atoms with Crippen LogP contribution in [0, 0.1) is 11.6 Å². The summed E-state index contributed by atoms with van der Waals surface area (Å²) in [6.07, 6.45) is 1.89. The van der Waals surface area contributed by atoms with Crippen molar-refractivity contribution in [2.24, 2.45) is 0 Å². The highest BCUT2D eigenvalue weighted by atomic mass is 19.2. The number of halogens is 2. The number of allylic oxidation sites excluding steroid dienone is 1. The van der Waals surface area contributed by atoms with E-state index in [4.69, 9.17) is 0 Å². The molecule has 0 saturated carbocycles. The first-order chi connectivity index (χ1) is 8.01. The number of hydrogen-bond donors (Lipinski definition) is 0. The molecular weight excluding hydrogens is 228 g/mol. The molecule has 0 spiro atoms. The molecule has 1 aromatic rings. The second kappa shape index (κ2) is 5.43. The molecular formula is C12H13F2NO2. The fourth-order valence-corrected chi connectivity index (χ4v) is 1.35. The number of nitrogens with zero attached hydrogens (tertiary/aromatic N) is 1. The molecule has 0 aliphatic rings. The molecule has 0 saturated heterocycles. The largest absolute Gasteiger partial charge is 0.494 e. The van der Waals surface area contributed by atoms with Crippen molar-refractivity contribution in [1.82, 2.24) is 4.90 Å². The van der Waals surface area contributed by atoms with Gasteiger partial charge in [0.25, 0.3) is 0 Å². The van der Waals surface area contributed by atoms with Gasteiger partial charge in [-0.1, -0.05) is 0 Å². The highest BCUT2D eigenvalue weighted by Gasteiger charge is 2.16. The third-order valence-electron chi connectivity index (χ3n) is 2.10. The quantitative estimate of drug-likeness (QED) is 0.597. The maximum Gasteiger partial charge on any atom is 0.201 e. The van der Waals surface area contributed by atoms with Crippen LogP contribution < -0.4 is 4.74 Å². The van der Waals surface area contributed by atoms with Gasteiger partial charge >= 0.3 is 0 Å². The first-order valence-electron chi connectivity index (χ1n) is 4.87. The van der Waals surface area contributed by atoms with Crippen LogP contribution in [0.15, 0.2) is 18.3 Å². The lowest BCUT2D eigenvalue weighted by molar-refractivity contribution is -0.103. The minimum absolute atomic E-state index is 0.0639. The molecule has 1 aromatic carbocycles. The van der Waals surface area contributed by atoms with Crippen LogP contribution in [-0.4, -0.2) is 32.4 Å². The van der Waals surface area contributed by atoms with Gasteiger partial charge in [-0.25, -0.2) is 4.39 Å². The number of benzene rings is 1. The van der Waals surface area contributed by atoms with E-state index >= 15 is 0 Å². The van der Waals surface area contributed by atoms with Crippen molar-refractivity contribution in [2.75, 3.05) is 21.2 Å². The van der Waals surface area contributed by atoms with Gasteiger partial charge in [-0.3, -0.25) is 4.79 Å². The summed E-state index contributed by atoms with van der Waals surface area (Å²) in [4.78, 5) is 12.4. The number of aldehydes is 1. The van der Waals surface area contributed by atoms with E-state index < -0.39 is 11.6 Å². The van der Waals surface area contributed by atoms with Crippen molar-refractivity contribution in [1.29, 1.82) is 0 Å². The summed E-state index contributed by atoms with van der Waals surface area (Å²) in [7, 11) is 4.61. The van der Waals surface area contributed by atoms with Crippen LogP contribution in [0.25, 0.3) is 5.57 Å². The van der Waals surface area contributed by atoms with Gasteiger partial charge in [0, 0.05) is 31.4 Å². The first kappa shape index (κ1) is 13.2. The lowest BCUT2D eigenvalue weighted by Gasteiger charge is -2.10. The van der Waals surface area contributed by atoms with Gasteiger partial charge in [0.2, 0.25) is 5.82 Å². The Bertz CT molecular complexity index is 456. The Balaban J connectivity index is 3.32. The SMILES string of the molecule is COc1ccc(/C(C=O)=C/N(C)C)c(F)c1F. The molecule has 1 rings (SSSR count). The van der Waals surface area contributed by atoms with Crippen molar-refractivity contribution >= 4 is 11.9 Å². The van der Waals surface area contributed by atoms with Crippen LogP contribution in [0.2, 0.25) is 0 Å². The van der Waals surface area contributed by atoms with Gasteiger partial charge in [0.1, 0.15) is 0 Å². The van der Waals surface area contributed by atoms with E-state index in [-0.39, 0.29) is 16.9 Å². The van der Waals surface area contributed by atoms with Crippen LogP contribution in [0.5, 0.6) is 5.75 Å². The zero-order valence-electron chi connectivity index (χ0n) is 9.83. The zero-order valence-corrected chi connectivity index (χ0v) is 9.83. The average Bonchev–Trinajstić information content (AvgIpc) is 2.29. The molecule has 0 N–H and O–H groups in total. The van der Waals surface area contributed by atoms with Crippen molar-refractivity contribution in [2.45, 2.75) is 0 Å². The number of ether oxygens (including phenoxy) is 1. The number of hydrogen-bond acceptors (Lipinski definition) is 3. The summed E-state index contributed by atoms with van der Waals surface area (Å²) in [5, 5.41) is 0. The molecule has 0 heterocycles. The molecule has 5 heteroatoms. The Hall–Kier alpha value is -1.91. The summed E-state index contributed by atoms with van der Waals surface area (Å²) >= 11 is 0. The second-order valence-corrected chi connectivity index (χ2v) is 3.61. The smallest absolute Gasteiger partial charge is 0.201 e. The Morgan fingerprint density at radius 1 is 1.29 bits per heavy atom. The minimum Gasteiger partial charge on any atom is -0.494 e. The molecule has 92 valence electrons. The predicted octanol–water partition coefficient (Wildman–Crippen LogP) is 2.07. The monoisotopic (exact) mass is 241 g/mol. The molecule has 3 nitrogen and oxygen atoms in total. The van der Waals surface area contributed by atoms with E-state index in [1.165, 1.54) is 25.4 Å². The van der Waals surface area contributed by atoms with Gasteiger partial charge in [-0.05, 0) is 12.1 Å². The molecule has 0 radical (unpaired) electrons. The van der Waals surface area contributed by atoms with E-state index in [9.17, 15) is 13.6 Å². The normalized spacial score (nSPS) is 11.2. The van der Waals surface area contributed by atoms with Crippen LogP contribution in [0.4, 0.5) is 8.78 Å². The molecule has 0 aromatic heterocycles. The van der Waals surface area contributed by atoms with Crippen LogP contribution in [0.1, 0.15) is 5.56 Å². The molecule has 0 unspecified atom stereocenters. The fourth-order valence-electron chi connectivity index (χ4n) is 1.35. The Morgan fingerprint density at radius 2 is 1.94 bits per heavy atom. The molecule has 0 bridgehead atoms. The summed E-state index contributed by atoms with van der Waals surface area (Å²) < 4.78 is 31.7. The standard InChI is InChI=1S/C12H13F2NO2/c1-15(2)6-8(7-16)9-4-5-10(17-3)12(14)11(9)13/h4-7H,1-3H3/b8-6+. The molecule has 0 fully saturated rings. The van der Waals surface area contributed by atoms with E-state index in [0.29, 0.717) is 6.29 Å². The number of methoxy groups -OCH3 is 1. The van der Waals surface area contributed by atoms with E-state index in [1.54, 1.807) is 19.0 Å². The zero-order chi connectivity index (χ0) is 13.0. The number of carbonyl (C=O) groups is 1. The molecule has 0 atom stereocenters. The summed E-state index contributed by atoms with van der Waals surface area (Å²) in [5.41, 5.74) is -0.0268. The van der Waals surface area contributed by atoms with Crippen molar-refractivity contribution in [3.8, 4) is 5.75 Å². The highest BCUT2D eigenvalue weighted by Crippen LogP contribution is 2.26. The summed E-state index contributed by atoms with van der Waals surface area (Å²) in [5.74, 6) is -2.39. The molecule has 0 aliphatic carbocycles. The Labute approximate surface area is 98.3 Å². The van der Waals surface area contributed by atoms with Crippen LogP contribution in [0.3, 0.4) is 0 Å². The Morgan fingerprint density at radius 3 is 2.41 bits per heavy atom. The maximum atomic E-state index is 13.7. The van der Waals surface area contributed by atoms with Crippen molar-refractivity contribution < 1.29 is 18.3 Å². The van der Waals surface area contributed by atoms with E-state index in [2.05, 4.69) is 4.74 Å². The van der Waals surface area contributed by atoms with E-state index in [0.717, 1.165) is 0 Å². The van der Waals surface area contributed by atoms with Crippen molar-refractivity contribution in [3.63, 3.8) is 0 Å². The second-order valence-electron chi connectivity index (χ2n) is 3.61. The highest BCUT2D eigenvalue weighted by molar-refractivity contribution is 6.06. The number of rotatable bonds is 4. The molecule has 0 amide bonds. The van der Waals surface area contributed by atoms with E-state index in [1.807, 2.05) is 0 Å². The Kier molecular flexibility index (Phi) is 4.20. The predicted molar refractivity (Wildman–Crippen MR) is 60.6 cm³/mol. The lowest BCUT2D eigenvalue weighted by atomic mass is 10.1. The van der Waals surface area contributed by atoms with Crippen LogP contribution >= 0.6 is 0 Å².